The molecule has 4 rings (SSSR count). The van der Waals surface area contributed by atoms with Crippen LogP contribution in [0.1, 0.15) is 12.1 Å². The predicted molar refractivity (Wildman–Crippen MR) is 75.1 cm³/mol. The van der Waals surface area contributed by atoms with Crippen molar-refractivity contribution in [1.82, 2.24) is 5.10 Å². The number of dihydropyridines is 1. The van der Waals surface area contributed by atoms with Crippen molar-refractivity contribution < 1.29 is 4.52 Å². The molecule has 0 bridgehead atoms. The average molecular weight is 293 g/mol. The van der Waals surface area contributed by atoms with Gasteiger partial charge in [0, 0.05) is 24.3 Å². The Kier molecular flexibility index (Phi) is 2.40. The van der Waals surface area contributed by atoms with E-state index in [0.29, 0.717) is 5.92 Å². The van der Waals surface area contributed by atoms with Gasteiger partial charge in [-0.05, 0) is 29.4 Å². The molecule has 1 saturated carbocycles. The smallest absolute Gasteiger partial charge is 0.273 e. The Balaban J connectivity index is 1.75. The maximum atomic E-state index is 11.4. The lowest BCUT2D eigenvalue weighted by Gasteiger charge is -2.07. The summed E-state index contributed by atoms with van der Waals surface area (Å²) >= 11 is 7.31. The van der Waals surface area contributed by atoms with Gasteiger partial charge in [0.1, 0.15) is 5.50 Å². The number of nitrogens with zero attached hydrogens (tertiary/aromatic N) is 2. The van der Waals surface area contributed by atoms with Gasteiger partial charge in [-0.2, -0.15) is 0 Å². The number of aliphatic imine (C=N–C) groups is 1. The molecule has 0 aromatic carbocycles. The molecule has 1 fully saturated rings. The molecule has 1 N–H and O–H groups in total. The van der Waals surface area contributed by atoms with Gasteiger partial charge in [-0.1, -0.05) is 21.7 Å². The van der Waals surface area contributed by atoms with E-state index in [1.807, 2.05) is 28.9 Å². The van der Waals surface area contributed by atoms with Gasteiger partial charge in [0.25, 0.3) is 4.83 Å². The molecule has 96 valence electrons. The number of aromatic nitrogens is 2. The van der Waals surface area contributed by atoms with Crippen LogP contribution < -0.4 is 9.39 Å². The van der Waals surface area contributed by atoms with Crippen molar-refractivity contribution in [3.63, 3.8) is 0 Å². The second-order valence-corrected chi connectivity index (χ2v) is 6.32. The summed E-state index contributed by atoms with van der Waals surface area (Å²) in [6, 6.07) is 5.95. The zero-order valence-corrected chi connectivity index (χ0v) is 11.5. The first-order valence-electron chi connectivity index (χ1n) is 6.14. The van der Waals surface area contributed by atoms with Crippen LogP contribution in [0, 0.1) is 5.92 Å². The third-order valence-corrected chi connectivity index (χ3v) is 4.87. The first kappa shape index (κ1) is 11.4. The van der Waals surface area contributed by atoms with Crippen molar-refractivity contribution in [3.05, 3.63) is 44.7 Å². The maximum absolute atomic E-state index is 11.4. The van der Waals surface area contributed by atoms with Gasteiger partial charge in [-0.15, -0.1) is 5.10 Å². The van der Waals surface area contributed by atoms with Crippen molar-refractivity contribution in [2.75, 3.05) is 0 Å². The lowest BCUT2D eigenvalue weighted by molar-refractivity contribution is -0.585. The highest BCUT2D eigenvalue weighted by atomic mass is 35.5. The molecule has 2 unspecified atom stereocenters. The fourth-order valence-corrected chi connectivity index (χ4v) is 3.62. The topological polar surface area (TPSA) is 49.3 Å². The monoisotopic (exact) mass is 292 g/mol. The van der Waals surface area contributed by atoms with Gasteiger partial charge in [-0.3, -0.25) is 9.79 Å². The predicted octanol–water partition coefficient (Wildman–Crippen LogP) is 1.68. The Morgan fingerprint density at radius 3 is 3.32 bits per heavy atom. The highest BCUT2D eigenvalue weighted by molar-refractivity contribution is 7.14. The lowest BCUT2D eigenvalue weighted by atomic mass is 10.1. The molecule has 2 aromatic rings. The summed E-state index contributed by atoms with van der Waals surface area (Å²) in [4.78, 5) is 16.7. The fraction of sp³-hybridized carbons (Fsp3) is 0.308. The summed E-state index contributed by atoms with van der Waals surface area (Å²) < 4.78 is 1.86. The number of halogens is 1. The molecular weight excluding hydrogens is 282 g/mol. The summed E-state index contributed by atoms with van der Waals surface area (Å²) in [5, 5.41) is 2.84. The number of aromatic amines is 1. The summed E-state index contributed by atoms with van der Waals surface area (Å²) in [5.74, 6) is 0.437. The van der Waals surface area contributed by atoms with Gasteiger partial charge in [0.15, 0.2) is 0 Å². The van der Waals surface area contributed by atoms with E-state index in [1.54, 1.807) is 0 Å². The number of allylic oxidation sites excluding steroid dienone is 1. The number of fused-ring (bicyclic) bond motifs is 2. The first-order valence-corrected chi connectivity index (χ1v) is 7.39. The second-order valence-electron chi connectivity index (χ2n) is 4.88. The van der Waals surface area contributed by atoms with Crippen LogP contribution in [0.25, 0.3) is 4.83 Å². The Labute approximate surface area is 118 Å². The minimum atomic E-state index is -0.0804. The number of H-pyrrole nitrogens is 1. The summed E-state index contributed by atoms with van der Waals surface area (Å²) in [6.07, 6.45) is 3.73. The summed E-state index contributed by atoms with van der Waals surface area (Å²) in [5.41, 5.74) is 3.66. The average Bonchev–Trinajstić information content (AvgIpc) is 3.10. The highest BCUT2D eigenvalue weighted by Gasteiger charge is 2.40. The van der Waals surface area contributed by atoms with Crippen LogP contribution in [0.2, 0.25) is 0 Å². The van der Waals surface area contributed by atoms with Crippen molar-refractivity contribution in [2.24, 2.45) is 10.9 Å². The molecule has 2 atom stereocenters. The highest BCUT2D eigenvalue weighted by Crippen LogP contribution is 2.47. The minimum absolute atomic E-state index is 0.0347. The Morgan fingerprint density at radius 1 is 1.53 bits per heavy atom. The molecule has 0 amide bonds. The molecule has 0 spiro atoms. The Bertz CT molecular complexity index is 789. The van der Waals surface area contributed by atoms with Crippen molar-refractivity contribution in [3.8, 4) is 0 Å². The van der Waals surface area contributed by atoms with Crippen LogP contribution in [-0.2, 0) is 6.42 Å². The first-order chi connectivity index (χ1) is 9.22. The maximum Gasteiger partial charge on any atom is 0.359 e. The number of hydrogen-bond donors (Lipinski definition) is 1. The zero-order chi connectivity index (χ0) is 13.0. The minimum Gasteiger partial charge on any atom is -0.273 e. The quantitative estimate of drug-likeness (QED) is 0.511. The number of alkyl halides is 1. The SMILES string of the molecule is O=c1[nH][n+]2c(CC3=C4CC4C(Cl)N=C3)cccc2s1. The standard InChI is InChI=1S/C13H10ClN3OS/c14-12-10-5-9(10)7(6-15-12)4-8-2-1-3-11-17(8)16-13(18)19-11/h1-3,6,10,12H,4-5H2/p+1. The van der Waals surface area contributed by atoms with Crippen molar-refractivity contribution >= 4 is 34.0 Å². The van der Waals surface area contributed by atoms with E-state index in [1.165, 1.54) is 22.5 Å². The van der Waals surface area contributed by atoms with Crippen LogP contribution in [0.5, 0.6) is 0 Å². The van der Waals surface area contributed by atoms with E-state index in [4.69, 9.17) is 11.6 Å². The molecule has 2 aliphatic rings. The van der Waals surface area contributed by atoms with Gasteiger partial charge < -0.3 is 0 Å². The Hall–Kier alpha value is -1.46. The van der Waals surface area contributed by atoms with E-state index in [9.17, 15) is 4.79 Å². The van der Waals surface area contributed by atoms with E-state index in [0.717, 1.165) is 23.4 Å². The lowest BCUT2D eigenvalue weighted by Crippen LogP contribution is -2.31. The fourth-order valence-electron chi connectivity index (χ4n) is 2.60. The number of nitrogens with one attached hydrogen (secondary N) is 1. The van der Waals surface area contributed by atoms with Gasteiger partial charge in [-0.25, -0.2) is 0 Å². The normalized spacial score (nSPS) is 24.9. The van der Waals surface area contributed by atoms with Gasteiger partial charge >= 0.3 is 4.87 Å². The second kappa shape index (κ2) is 4.02. The molecule has 0 radical (unpaired) electrons. The Morgan fingerprint density at radius 2 is 2.42 bits per heavy atom. The van der Waals surface area contributed by atoms with E-state index in [2.05, 4.69) is 10.1 Å². The van der Waals surface area contributed by atoms with E-state index >= 15 is 0 Å². The molecule has 1 aliphatic heterocycles. The molecule has 19 heavy (non-hydrogen) atoms. The van der Waals surface area contributed by atoms with Crippen LogP contribution in [0.4, 0.5) is 0 Å². The van der Waals surface area contributed by atoms with Crippen LogP contribution in [0.3, 0.4) is 0 Å². The third kappa shape index (κ3) is 1.84. The number of rotatable bonds is 2. The van der Waals surface area contributed by atoms with Crippen LogP contribution >= 0.6 is 22.9 Å². The zero-order valence-electron chi connectivity index (χ0n) is 9.97. The molecule has 2 aromatic heterocycles. The number of pyridine rings is 1. The summed E-state index contributed by atoms with van der Waals surface area (Å²) in [6.45, 7) is 0. The molecule has 3 heterocycles. The molecular formula is C13H11ClN3OS+. The molecule has 1 aliphatic carbocycles. The largest absolute Gasteiger partial charge is 0.359 e. The van der Waals surface area contributed by atoms with E-state index in [-0.39, 0.29) is 10.4 Å². The third-order valence-electron chi connectivity index (χ3n) is 3.65. The summed E-state index contributed by atoms with van der Waals surface area (Å²) in [7, 11) is 0. The molecule has 4 nitrogen and oxygen atoms in total. The van der Waals surface area contributed by atoms with Crippen LogP contribution in [-0.4, -0.2) is 16.8 Å². The van der Waals surface area contributed by atoms with Crippen molar-refractivity contribution in [2.45, 2.75) is 18.3 Å². The van der Waals surface area contributed by atoms with Gasteiger partial charge in [0.05, 0.1) is 6.42 Å². The van der Waals surface area contributed by atoms with Crippen LogP contribution in [0.15, 0.2) is 39.1 Å². The number of hydrogen-bond acceptors (Lipinski definition) is 3. The van der Waals surface area contributed by atoms with Gasteiger partial charge in [0.2, 0.25) is 5.69 Å². The van der Waals surface area contributed by atoms with Crippen molar-refractivity contribution in [1.29, 1.82) is 0 Å². The molecule has 0 saturated heterocycles. The van der Waals surface area contributed by atoms with E-state index < -0.39 is 0 Å². The molecule has 6 heteroatoms.